The van der Waals surface area contributed by atoms with E-state index in [0.717, 1.165) is 11.1 Å². The molecular formula is C27H34N4O4. The summed E-state index contributed by atoms with van der Waals surface area (Å²) in [5, 5.41) is 14.4. The Morgan fingerprint density at radius 1 is 0.914 bits per heavy atom. The number of amides is 3. The van der Waals surface area contributed by atoms with Gasteiger partial charge in [-0.3, -0.25) is 19.2 Å². The minimum Gasteiger partial charge on any atom is -0.357 e. The molecule has 2 aromatic rings. The van der Waals surface area contributed by atoms with Crippen molar-refractivity contribution in [2.75, 3.05) is 7.05 Å². The molecular weight excluding hydrogens is 444 g/mol. The summed E-state index contributed by atoms with van der Waals surface area (Å²) >= 11 is 0. The van der Waals surface area contributed by atoms with Crippen LogP contribution in [0.2, 0.25) is 0 Å². The largest absolute Gasteiger partial charge is 0.357 e. The van der Waals surface area contributed by atoms with Crippen LogP contribution in [0.5, 0.6) is 0 Å². The highest BCUT2D eigenvalue weighted by molar-refractivity contribution is 5.91. The lowest BCUT2D eigenvalue weighted by atomic mass is 9.85. The van der Waals surface area contributed by atoms with E-state index in [1.807, 2.05) is 44.2 Å². The molecule has 8 heteroatoms. The van der Waals surface area contributed by atoms with Gasteiger partial charge in [-0.25, -0.2) is 5.48 Å². The Morgan fingerprint density at radius 3 is 2.14 bits per heavy atom. The fourth-order valence-corrected chi connectivity index (χ4v) is 3.70. The minimum absolute atomic E-state index is 0.156. The van der Waals surface area contributed by atoms with Crippen LogP contribution >= 0.6 is 0 Å². The second kappa shape index (κ2) is 13.9. The average molecular weight is 479 g/mol. The molecule has 2 rings (SSSR count). The molecule has 0 aliphatic carbocycles. The molecule has 0 bridgehead atoms. The Kier molecular flexibility index (Phi) is 10.9. The third-order valence-corrected chi connectivity index (χ3v) is 5.74. The third-order valence-electron chi connectivity index (χ3n) is 5.74. The van der Waals surface area contributed by atoms with Crippen molar-refractivity contribution in [3.05, 3.63) is 71.3 Å². The third kappa shape index (κ3) is 8.87. The summed E-state index contributed by atoms with van der Waals surface area (Å²) in [6, 6.07) is 17.5. The van der Waals surface area contributed by atoms with Gasteiger partial charge in [-0.15, -0.1) is 0 Å². The first kappa shape index (κ1) is 27.5. The van der Waals surface area contributed by atoms with Crippen LogP contribution in [0.25, 0.3) is 0 Å². The highest BCUT2D eigenvalue weighted by Crippen LogP contribution is 2.22. The average Bonchev–Trinajstić information content (AvgIpc) is 2.86. The van der Waals surface area contributed by atoms with Crippen LogP contribution < -0.4 is 16.1 Å². The minimum atomic E-state index is -0.820. The zero-order chi connectivity index (χ0) is 25.8. The first-order valence-electron chi connectivity index (χ1n) is 11.7. The van der Waals surface area contributed by atoms with Crippen molar-refractivity contribution in [1.29, 1.82) is 5.26 Å². The number of carbonyl (C=O) groups excluding carboxylic acids is 3. The van der Waals surface area contributed by atoms with E-state index < -0.39 is 23.8 Å². The van der Waals surface area contributed by atoms with E-state index in [1.54, 1.807) is 31.2 Å². The summed E-state index contributed by atoms with van der Waals surface area (Å²) in [5.41, 5.74) is 4.68. The molecule has 0 aliphatic heterocycles. The van der Waals surface area contributed by atoms with Gasteiger partial charge >= 0.3 is 0 Å². The Labute approximate surface area is 207 Å². The molecule has 0 spiro atoms. The molecule has 186 valence electrons. The second-order valence-electron chi connectivity index (χ2n) is 8.95. The lowest BCUT2D eigenvalue weighted by molar-refractivity contribution is -0.144. The molecule has 0 aromatic heterocycles. The van der Waals surface area contributed by atoms with E-state index in [4.69, 9.17) is 10.1 Å². The fraction of sp³-hybridized carbons (Fsp3) is 0.407. The molecule has 0 saturated heterocycles. The van der Waals surface area contributed by atoms with Gasteiger partial charge in [0.15, 0.2) is 0 Å². The summed E-state index contributed by atoms with van der Waals surface area (Å²) in [6.45, 7) is 5.85. The SMILES string of the molecule is CNC(=O)[C@H](Cc1ccc(C#N)cc1)NC(=O)[C@H](CC(C)C)C(C)C(=O)NOCc1ccccc1. The second-order valence-corrected chi connectivity index (χ2v) is 8.95. The van der Waals surface area contributed by atoms with Gasteiger partial charge in [-0.05, 0) is 35.6 Å². The molecule has 0 saturated carbocycles. The van der Waals surface area contributed by atoms with Crippen LogP contribution in [0, 0.1) is 29.1 Å². The van der Waals surface area contributed by atoms with Crippen molar-refractivity contribution >= 4 is 17.7 Å². The molecule has 0 aliphatic rings. The molecule has 0 fully saturated rings. The molecule has 3 N–H and O–H groups in total. The summed E-state index contributed by atoms with van der Waals surface area (Å²) in [4.78, 5) is 43.9. The zero-order valence-electron chi connectivity index (χ0n) is 20.7. The van der Waals surface area contributed by atoms with E-state index in [1.165, 1.54) is 7.05 Å². The maximum atomic E-state index is 13.3. The maximum Gasteiger partial charge on any atom is 0.247 e. The highest BCUT2D eigenvalue weighted by Gasteiger charge is 2.33. The summed E-state index contributed by atoms with van der Waals surface area (Å²) in [7, 11) is 1.51. The van der Waals surface area contributed by atoms with Gasteiger partial charge < -0.3 is 10.6 Å². The number of hydrogen-bond acceptors (Lipinski definition) is 5. The Morgan fingerprint density at radius 2 is 1.57 bits per heavy atom. The number of rotatable bonds is 12. The van der Waals surface area contributed by atoms with Crippen molar-refractivity contribution in [1.82, 2.24) is 16.1 Å². The van der Waals surface area contributed by atoms with E-state index in [-0.39, 0.29) is 30.8 Å². The zero-order valence-corrected chi connectivity index (χ0v) is 20.7. The summed E-state index contributed by atoms with van der Waals surface area (Å²) in [5.74, 6) is -2.27. The fourth-order valence-electron chi connectivity index (χ4n) is 3.70. The van der Waals surface area contributed by atoms with Gasteiger partial charge in [0.25, 0.3) is 0 Å². The number of benzene rings is 2. The highest BCUT2D eigenvalue weighted by atomic mass is 16.6. The Hall–Kier alpha value is -3.70. The standard InChI is InChI=1S/C27H34N4O4/c1-18(2)14-23(19(3)25(32)31-35-17-22-8-6-5-7-9-22)26(33)30-24(27(34)29-4)15-20-10-12-21(16-28)13-11-20/h5-13,18-19,23-24H,14-15,17H2,1-4H3,(H,29,34)(H,30,33)(H,31,32)/t19?,23-,24+/m1/s1. The maximum absolute atomic E-state index is 13.3. The molecule has 1 unspecified atom stereocenters. The van der Waals surface area contributed by atoms with Gasteiger partial charge in [-0.1, -0.05) is 63.2 Å². The lowest BCUT2D eigenvalue weighted by Gasteiger charge is -2.26. The van der Waals surface area contributed by atoms with Crippen LogP contribution in [0.4, 0.5) is 0 Å². The van der Waals surface area contributed by atoms with Crippen molar-refractivity contribution < 1.29 is 19.2 Å². The van der Waals surface area contributed by atoms with Gasteiger partial charge in [0.2, 0.25) is 17.7 Å². The Balaban J connectivity index is 2.07. The summed E-state index contributed by atoms with van der Waals surface area (Å²) in [6.07, 6.45) is 0.725. The summed E-state index contributed by atoms with van der Waals surface area (Å²) < 4.78 is 0. The molecule has 3 amide bonds. The molecule has 0 radical (unpaired) electrons. The number of nitriles is 1. The van der Waals surface area contributed by atoms with Crippen LogP contribution in [0.15, 0.2) is 54.6 Å². The molecule has 0 heterocycles. The molecule has 2 aromatic carbocycles. The van der Waals surface area contributed by atoms with Crippen molar-refractivity contribution in [3.8, 4) is 6.07 Å². The Bertz CT molecular complexity index is 1020. The predicted molar refractivity (Wildman–Crippen MR) is 132 cm³/mol. The first-order valence-corrected chi connectivity index (χ1v) is 11.7. The number of likely N-dealkylation sites (N-methyl/N-ethyl adjacent to an activating group) is 1. The van der Waals surface area contributed by atoms with Crippen LogP contribution in [-0.4, -0.2) is 30.8 Å². The van der Waals surface area contributed by atoms with Gasteiger partial charge in [0.1, 0.15) is 6.04 Å². The number of hydroxylamine groups is 1. The van der Waals surface area contributed by atoms with Gasteiger partial charge in [0, 0.05) is 25.3 Å². The van der Waals surface area contributed by atoms with Gasteiger partial charge in [-0.2, -0.15) is 5.26 Å². The van der Waals surface area contributed by atoms with Crippen molar-refractivity contribution in [2.24, 2.45) is 17.8 Å². The van der Waals surface area contributed by atoms with E-state index >= 15 is 0 Å². The number of hydrogen-bond donors (Lipinski definition) is 3. The molecule has 35 heavy (non-hydrogen) atoms. The monoisotopic (exact) mass is 478 g/mol. The number of nitrogens with zero attached hydrogens (tertiary/aromatic N) is 1. The quantitative estimate of drug-likeness (QED) is 0.405. The van der Waals surface area contributed by atoms with Crippen molar-refractivity contribution in [3.63, 3.8) is 0 Å². The number of carbonyl (C=O) groups is 3. The first-order chi connectivity index (χ1) is 16.7. The smallest absolute Gasteiger partial charge is 0.247 e. The van der Waals surface area contributed by atoms with E-state index in [0.29, 0.717) is 12.0 Å². The van der Waals surface area contributed by atoms with Crippen molar-refractivity contribution in [2.45, 2.75) is 46.3 Å². The van der Waals surface area contributed by atoms with E-state index in [2.05, 4.69) is 22.2 Å². The van der Waals surface area contributed by atoms with Crippen LogP contribution in [0.1, 0.15) is 43.9 Å². The normalized spacial score (nSPS) is 13.3. The van der Waals surface area contributed by atoms with E-state index in [9.17, 15) is 14.4 Å². The molecule has 3 atom stereocenters. The van der Waals surface area contributed by atoms with Gasteiger partial charge in [0.05, 0.1) is 18.2 Å². The predicted octanol–water partition coefficient (Wildman–Crippen LogP) is 2.88. The number of nitrogens with one attached hydrogen (secondary N) is 3. The lowest BCUT2D eigenvalue weighted by Crippen LogP contribution is -2.51. The molecule has 8 nitrogen and oxygen atoms in total. The van der Waals surface area contributed by atoms with Crippen LogP contribution in [-0.2, 0) is 32.2 Å². The topological polar surface area (TPSA) is 120 Å². The van der Waals surface area contributed by atoms with Crippen LogP contribution in [0.3, 0.4) is 0 Å².